The van der Waals surface area contributed by atoms with E-state index in [-0.39, 0.29) is 12.1 Å². The molecule has 1 saturated heterocycles. The summed E-state index contributed by atoms with van der Waals surface area (Å²) in [5, 5.41) is 14.2. The van der Waals surface area contributed by atoms with Gasteiger partial charge in [-0.2, -0.15) is 0 Å². The van der Waals surface area contributed by atoms with Gasteiger partial charge in [0.2, 0.25) is 0 Å². The summed E-state index contributed by atoms with van der Waals surface area (Å²) in [6.07, 6.45) is 2.69. The molecule has 1 fully saturated rings. The third-order valence-electron chi connectivity index (χ3n) is 3.27. The molecule has 0 aromatic carbocycles. The van der Waals surface area contributed by atoms with E-state index in [2.05, 4.69) is 10.3 Å². The molecule has 0 amide bonds. The van der Waals surface area contributed by atoms with Gasteiger partial charge in [0.05, 0.1) is 4.92 Å². The lowest BCUT2D eigenvalue weighted by Gasteiger charge is -2.23. The number of hydrogen-bond acceptors (Lipinski definition) is 5. The molecule has 7 heteroatoms. The molecule has 0 unspecified atom stereocenters. The first-order valence-electron chi connectivity index (χ1n) is 5.96. The number of nitrogens with zero attached hydrogens (tertiary/aromatic N) is 3. The maximum absolute atomic E-state index is 10.6. The molecule has 6 nitrogen and oxygen atoms in total. The zero-order chi connectivity index (χ0) is 14.0. The Morgan fingerprint density at radius 3 is 2.89 bits per heavy atom. The van der Waals surface area contributed by atoms with Crippen LogP contribution in [0, 0.1) is 10.1 Å². The van der Waals surface area contributed by atoms with Crippen molar-refractivity contribution in [2.24, 2.45) is 0 Å². The van der Waals surface area contributed by atoms with Gasteiger partial charge < -0.3 is 10.2 Å². The van der Waals surface area contributed by atoms with Crippen LogP contribution in [0.25, 0.3) is 0 Å². The first-order valence-corrected chi connectivity index (χ1v) is 6.34. The smallest absolute Gasteiger partial charge is 0.274 e. The van der Waals surface area contributed by atoms with Crippen LogP contribution in [0.1, 0.15) is 19.4 Å². The molecular weight excluding hydrogens is 268 g/mol. The molecule has 2 atom stereocenters. The summed E-state index contributed by atoms with van der Waals surface area (Å²) in [6, 6.07) is 3.91. The zero-order valence-corrected chi connectivity index (χ0v) is 11.5. The minimum atomic E-state index is -0.444. The van der Waals surface area contributed by atoms with Crippen molar-refractivity contribution < 1.29 is 4.92 Å². The highest BCUT2D eigenvalue weighted by atomic mass is 35.5. The van der Waals surface area contributed by atoms with E-state index in [1.807, 2.05) is 24.8 Å². The number of aromatic nitrogens is 1. The molecule has 19 heavy (non-hydrogen) atoms. The van der Waals surface area contributed by atoms with Gasteiger partial charge in [-0.25, -0.2) is 4.98 Å². The number of nitrogens with one attached hydrogen (secondary N) is 1. The SMILES string of the molecule is C[C@H]1N/C(=C\[N+](=O)[O-])N(Cc2ccc(Cl)nc2)[C@H]1C. The molecule has 1 N–H and O–H groups in total. The molecule has 1 aliphatic rings. The lowest BCUT2D eigenvalue weighted by atomic mass is 10.1. The van der Waals surface area contributed by atoms with Crippen LogP contribution in [-0.2, 0) is 6.54 Å². The van der Waals surface area contributed by atoms with E-state index < -0.39 is 4.92 Å². The second-order valence-corrected chi connectivity index (χ2v) is 4.98. The predicted octanol–water partition coefficient (Wildman–Crippen LogP) is 1.99. The Hall–Kier alpha value is -1.82. The van der Waals surface area contributed by atoms with Crippen LogP contribution in [-0.4, -0.2) is 26.9 Å². The fraction of sp³-hybridized carbons (Fsp3) is 0.417. The Labute approximate surface area is 116 Å². The maximum atomic E-state index is 10.6. The summed E-state index contributed by atoms with van der Waals surface area (Å²) in [5.41, 5.74) is 0.960. The Morgan fingerprint density at radius 1 is 1.58 bits per heavy atom. The summed E-state index contributed by atoms with van der Waals surface area (Å²) >= 11 is 5.74. The number of nitro groups is 1. The zero-order valence-electron chi connectivity index (χ0n) is 10.7. The normalized spacial score (nSPS) is 24.6. The van der Waals surface area contributed by atoms with Crippen LogP contribution in [0.3, 0.4) is 0 Å². The second kappa shape index (κ2) is 5.44. The molecular formula is C12H15ClN4O2. The molecule has 0 radical (unpaired) electrons. The van der Waals surface area contributed by atoms with Crippen molar-refractivity contribution in [3.8, 4) is 0 Å². The van der Waals surface area contributed by atoms with Gasteiger partial charge in [-0.15, -0.1) is 0 Å². The molecule has 0 aliphatic carbocycles. The molecule has 1 aliphatic heterocycles. The Kier molecular flexibility index (Phi) is 3.90. The van der Waals surface area contributed by atoms with E-state index in [0.29, 0.717) is 17.5 Å². The van der Waals surface area contributed by atoms with Gasteiger partial charge in [0, 0.05) is 24.8 Å². The number of rotatable bonds is 3. The third-order valence-corrected chi connectivity index (χ3v) is 3.49. The fourth-order valence-corrected chi connectivity index (χ4v) is 2.17. The van der Waals surface area contributed by atoms with Crippen LogP contribution in [0.15, 0.2) is 30.4 Å². The second-order valence-electron chi connectivity index (χ2n) is 4.59. The van der Waals surface area contributed by atoms with E-state index in [4.69, 9.17) is 11.6 Å². The first kappa shape index (κ1) is 13.6. The summed E-state index contributed by atoms with van der Waals surface area (Å²) in [4.78, 5) is 16.2. The largest absolute Gasteiger partial charge is 0.362 e. The Morgan fingerprint density at radius 2 is 2.32 bits per heavy atom. The van der Waals surface area contributed by atoms with E-state index in [1.165, 1.54) is 0 Å². The van der Waals surface area contributed by atoms with E-state index in [0.717, 1.165) is 11.8 Å². The minimum absolute atomic E-state index is 0.159. The molecule has 102 valence electrons. The van der Waals surface area contributed by atoms with E-state index >= 15 is 0 Å². The van der Waals surface area contributed by atoms with Gasteiger partial charge in [-0.3, -0.25) is 10.1 Å². The van der Waals surface area contributed by atoms with Crippen molar-refractivity contribution in [2.45, 2.75) is 32.5 Å². The summed E-state index contributed by atoms with van der Waals surface area (Å²) in [5.74, 6) is 0.528. The maximum Gasteiger partial charge on any atom is 0.274 e. The summed E-state index contributed by atoms with van der Waals surface area (Å²) < 4.78 is 0. The summed E-state index contributed by atoms with van der Waals surface area (Å²) in [6.45, 7) is 4.59. The number of hydrogen-bond donors (Lipinski definition) is 1. The predicted molar refractivity (Wildman–Crippen MR) is 71.9 cm³/mol. The van der Waals surface area contributed by atoms with Crippen LogP contribution in [0.5, 0.6) is 0 Å². The molecule has 0 bridgehead atoms. The van der Waals surface area contributed by atoms with Crippen molar-refractivity contribution in [1.29, 1.82) is 0 Å². The molecule has 2 rings (SSSR count). The van der Waals surface area contributed by atoms with Crippen molar-refractivity contribution in [1.82, 2.24) is 15.2 Å². The summed E-state index contributed by atoms with van der Waals surface area (Å²) in [7, 11) is 0. The van der Waals surface area contributed by atoms with Crippen LogP contribution >= 0.6 is 11.6 Å². The van der Waals surface area contributed by atoms with E-state index in [9.17, 15) is 10.1 Å². The minimum Gasteiger partial charge on any atom is -0.362 e. The average Bonchev–Trinajstić information content (AvgIpc) is 2.59. The van der Waals surface area contributed by atoms with Gasteiger partial charge in [0.15, 0.2) is 5.82 Å². The molecule has 0 spiro atoms. The monoisotopic (exact) mass is 282 g/mol. The molecule has 0 saturated carbocycles. The standard InChI is InChI=1S/C12H15ClN4O2/c1-8-9(2)16(12(15-8)7-17(18)19)6-10-3-4-11(13)14-5-10/h3-5,7-9,15H,6H2,1-2H3/b12-7+/t8-,9+/m1/s1. The van der Waals surface area contributed by atoms with Gasteiger partial charge in [-0.05, 0) is 25.5 Å². The first-order chi connectivity index (χ1) is 8.97. The fourth-order valence-electron chi connectivity index (χ4n) is 2.06. The lowest BCUT2D eigenvalue weighted by molar-refractivity contribution is -0.404. The van der Waals surface area contributed by atoms with Gasteiger partial charge >= 0.3 is 0 Å². The third kappa shape index (κ3) is 3.14. The Balaban J connectivity index is 2.20. The van der Waals surface area contributed by atoms with Crippen molar-refractivity contribution >= 4 is 11.6 Å². The highest BCUT2D eigenvalue weighted by Gasteiger charge is 2.32. The Bertz CT molecular complexity index is 503. The number of halogens is 1. The van der Waals surface area contributed by atoms with E-state index in [1.54, 1.807) is 12.3 Å². The van der Waals surface area contributed by atoms with Gasteiger partial charge in [-0.1, -0.05) is 17.7 Å². The highest BCUT2D eigenvalue weighted by Crippen LogP contribution is 2.22. The van der Waals surface area contributed by atoms with Gasteiger partial charge in [0.25, 0.3) is 6.20 Å². The van der Waals surface area contributed by atoms with Crippen LogP contribution in [0.2, 0.25) is 5.15 Å². The lowest BCUT2D eigenvalue weighted by Crippen LogP contribution is -2.30. The quantitative estimate of drug-likeness (QED) is 0.521. The van der Waals surface area contributed by atoms with Crippen LogP contribution < -0.4 is 5.32 Å². The molecule has 1 aromatic rings. The van der Waals surface area contributed by atoms with Gasteiger partial charge in [0.1, 0.15) is 5.15 Å². The topological polar surface area (TPSA) is 71.3 Å². The average molecular weight is 283 g/mol. The van der Waals surface area contributed by atoms with Crippen molar-refractivity contribution in [3.05, 3.63) is 51.2 Å². The number of pyridine rings is 1. The highest BCUT2D eigenvalue weighted by molar-refractivity contribution is 6.29. The molecule has 2 heterocycles. The van der Waals surface area contributed by atoms with Crippen molar-refractivity contribution in [3.63, 3.8) is 0 Å². The van der Waals surface area contributed by atoms with Crippen molar-refractivity contribution in [2.75, 3.05) is 0 Å². The van der Waals surface area contributed by atoms with Crippen LogP contribution in [0.4, 0.5) is 0 Å². The molecule has 1 aromatic heterocycles.